The lowest BCUT2D eigenvalue weighted by molar-refractivity contribution is -0.124. The molecule has 1 aromatic carbocycles. The van der Waals surface area contributed by atoms with Gasteiger partial charge in [0.05, 0.1) is 12.1 Å². The summed E-state index contributed by atoms with van der Waals surface area (Å²) in [4.78, 5) is 13.6. The van der Waals surface area contributed by atoms with E-state index in [1.807, 2.05) is 11.8 Å². The maximum Gasteiger partial charge on any atom is 0.237 e. The van der Waals surface area contributed by atoms with Gasteiger partial charge in [-0.3, -0.25) is 4.79 Å². The zero-order valence-electron chi connectivity index (χ0n) is 11.4. The third-order valence-corrected chi connectivity index (χ3v) is 5.02. The number of benzene rings is 1. The number of piperidine rings is 1. The summed E-state index contributed by atoms with van der Waals surface area (Å²) in [6, 6.07) is 8.61. The van der Waals surface area contributed by atoms with E-state index in [-0.39, 0.29) is 30.4 Å². The predicted octanol–water partition coefficient (Wildman–Crippen LogP) is 2.90. The average Bonchev–Trinajstić information content (AvgIpc) is 2.48. The molecule has 0 spiro atoms. The van der Waals surface area contributed by atoms with Crippen LogP contribution in [0.1, 0.15) is 37.3 Å². The van der Waals surface area contributed by atoms with Gasteiger partial charge in [0.15, 0.2) is 0 Å². The lowest BCUT2D eigenvalue weighted by Gasteiger charge is -2.29. The van der Waals surface area contributed by atoms with Gasteiger partial charge in [0.1, 0.15) is 0 Å². The molecule has 3 rings (SSSR count). The number of thioether (sulfide) groups is 1. The van der Waals surface area contributed by atoms with Crippen LogP contribution in [0.25, 0.3) is 0 Å². The third-order valence-electron chi connectivity index (χ3n) is 3.90. The van der Waals surface area contributed by atoms with Gasteiger partial charge < -0.3 is 10.6 Å². The zero-order valence-corrected chi connectivity index (χ0v) is 13.1. The van der Waals surface area contributed by atoms with Crippen molar-refractivity contribution in [2.75, 3.05) is 12.3 Å². The van der Waals surface area contributed by atoms with Crippen molar-refractivity contribution in [3.05, 3.63) is 29.8 Å². The van der Waals surface area contributed by atoms with Crippen molar-refractivity contribution in [1.29, 1.82) is 0 Å². The minimum absolute atomic E-state index is 0. The summed E-state index contributed by atoms with van der Waals surface area (Å²) in [5.74, 6) is 1.26. The van der Waals surface area contributed by atoms with E-state index in [0.29, 0.717) is 0 Å². The molecule has 2 aliphatic heterocycles. The number of nitrogens with one attached hydrogen (secondary N) is 2. The molecular weight excluding hydrogens is 292 g/mol. The summed E-state index contributed by atoms with van der Waals surface area (Å²) in [5, 5.41) is 6.55. The summed E-state index contributed by atoms with van der Waals surface area (Å²) in [7, 11) is 0. The number of hydrogen-bond acceptors (Lipinski definition) is 3. The van der Waals surface area contributed by atoms with E-state index in [1.54, 1.807) is 0 Å². The highest BCUT2D eigenvalue weighted by molar-refractivity contribution is 7.99. The van der Waals surface area contributed by atoms with Crippen molar-refractivity contribution in [2.45, 2.75) is 42.7 Å². The largest absolute Gasteiger partial charge is 0.348 e. The molecule has 5 heteroatoms. The van der Waals surface area contributed by atoms with Crippen LogP contribution in [0.3, 0.4) is 0 Å². The van der Waals surface area contributed by atoms with Crippen molar-refractivity contribution < 1.29 is 4.79 Å². The molecule has 1 unspecified atom stereocenters. The standard InChI is InChI=1S/C15H20N2OS.ClH/c18-15(13-6-3-4-9-16-13)17-12-8-10-19-14-7-2-1-5-11(12)14;/h1-2,5,7,12-13,16H,3-4,6,8-10H2,(H,17,18);1H/t12?,13-;/m0./s1. The molecule has 2 aliphatic rings. The molecule has 110 valence electrons. The van der Waals surface area contributed by atoms with Crippen LogP contribution >= 0.6 is 24.2 Å². The summed E-state index contributed by atoms with van der Waals surface area (Å²) < 4.78 is 0. The lowest BCUT2D eigenvalue weighted by Crippen LogP contribution is -2.47. The maximum atomic E-state index is 12.3. The Morgan fingerprint density at radius 1 is 1.25 bits per heavy atom. The number of hydrogen-bond donors (Lipinski definition) is 2. The van der Waals surface area contributed by atoms with E-state index in [1.165, 1.54) is 16.9 Å². The van der Waals surface area contributed by atoms with Gasteiger partial charge in [0, 0.05) is 10.6 Å². The number of carbonyl (C=O) groups is 1. The Labute approximate surface area is 130 Å². The molecule has 0 bridgehead atoms. The first kappa shape index (κ1) is 15.7. The van der Waals surface area contributed by atoms with E-state index in [0.717, 1.165) is 31.6 Å². The van der Waals surface area contributed by atoms with E-state index < -0.39 is 0 Å². The Bertz CT molecular complexity index is 463. The molecule has 0 radical (unpaired) electrons. The molecule has 2 atom stereocenters. The van der Waals surface area contributed by atoms with E-state index in [2.05, 4.69) is 34.9 Å². The van der Waals surface area contributed by atoms with Crippen LogP contribution in [0.2, 0.25) is 0 Å². The van der Waals surface area contributed by atoms with Gasteiger partial charge in [-0.05, 0) is 37.4 Å². The highest BCUT2D eigenvalue weighted by Gasteiger charge is 2.26. The smallest absolute Gasteiger partial charge is 0.237 e. The monoisotopic (exact) mass is 312 g/mol. The van der Waals surface area contributed by atoms with Crippen molar-refractivity contribution in [3.63, 3.8) is 0 Å². The van der Waals surface area contributed by atoms with Crippen molar-refractivity contribution >= 4 is 30.1 Å². The van der Waals surface area contributed by atoms with Crippen LogP contribution in [-0.4, -0.2) is 24.2 Å². The quantitative estimate of drug-likeness (QED) is 0.882. The van der Waals surface area contributed by atoms with Crippen LogP contribution in [0, 0.1) is 0 Å². The van der Waals surface area contributed by atoms with Crippen LogP contribution in [-0.2, 0) is 4.79 Å². The topological polar surface area (TPSA) is 41.1 Å². The van der Waals surface area contributed by atoms with Crippen molar-refractivity contribution in [3.8, 4) is 0 Å². The molecule has 20 heavy (non-hydrogen) atoms. The first-order chi connectivity index (χ1) is 9.34. The van der Waals surface area contributed by atoms with Crippen LogP contribution in [0.5, 0.6) is 0 Å². The van der Waals surface area contributed by atoms with Gasteiger partial charge in [0.25, 0.3) is 0 Å². The highest BCUT2D eigenvalue weighted by Crippen LogP contribution is 2.35. The Hall–Kier alpha value is -0.710. The SMILES string of the molecule is Cl.O=C(NC1CCSc2ccccc21)[C@@H]1CCCCN1. The van der Waals surface area contributed by atoms with Gasteiger partial charge in [-0.1, -0.05) is 24.6 Å². The number of carbonyl (C=O) groups excluding carboxylic acids is 1. The predicted molar refractivity (Wildman–Crippen MR) is 85.6 cm³/mol. The van der Waals surface area contributed by atoms with Gasteiger partial charge in [0.2, 0.25) is 5.91 Å². The molecule has 0 aromatic heterocycles. The second-order valence-electron chi connectivity index (χ2n) is 5.24. The fourth-order valence-electron chi connectivity index (χ4n) is 2.84. The lowest BCUT2D eigenvalue weighted by atomic mass is 10.0. The number of fused-ring (bicyclic) bond motifs is 1. The zero-order chi connectivity index (χ0) is 13.1. The molecule has 2 N–H and O–H groups in total. The maximum absolute atomic E-state index is 12.3. The summed E-state index contributed by atoms with van der Waals surface area (Å²) in [6.07, 6.45) is 4.34. The number of rotatable bonds is 2. The second-order valence-corrected chi connectivity index (χ2v) is 6.38. The summed E-state index contributed by atoms with van der Waals surface area (Å²) in [5.41, 5.74) is 1.28. The van der Waals surface area contributed by atoms with Gasteiger partial charge in [-0.2, -0.15) is 0 Å². The van der Waals surface area contributed by atoms with Crippen LogP contribution < -0.4 is 10.6 Å². The first-order valence-corrected chi connectivity index (χ1v) is 8.08. The molecule has 0 saturated carbocycles. The Morgan fingerprint density at radius 3 is 2.90 bits per heavy atom. The minimum Gasteiger partial charge on any atom is -0.348 e. The molecule has 0 aliphatic carbocycles. The molecule has 1 fully saturated rings. The van der Waals surface area contributed by atoms with E-state index in [4.69, 9.17) is 0 Å². The van der Waals surface area contributed by atoms with E-state index in [9.17, 15) is 4.79 Å². The van der Waals surface area contributed by atoms with Gasteiger partial charge in [-0.25, -0.2) is 0 Å². The third kappa shape index (κ3) is 3.48. The molecule has 1 saturated heterocycles. The van der Waals surface area contributed by atoms with Crippen LogP contribution in [0.15, 0.2) is 29.2 Å². The molecule has 1 amide bonds. The van der Waals surface area contributed by atoms with Crippen LogP contribution in [0.4, 0.5) is 0 Å². The molecule has 3 nitrogen and oxygen atoms in total. The Kier molecular flexibility index (Phi) is 5.75. The minimum atomic E-state index is 0. The first-order valence-electron chi connectivity index (χ1n) is 7.10. The second kappa shape index (κ2) is 7.34. The van der Waals surface area contributed by atoms with Crippen molar-refractivity contribution in [1.82, 2.24) is 10.6 Å². The number of halogens is 1. The summed E-state index contributed by atoms with van der Waals surface area (Å²) in [6.45, 7) is 0.967. The van der Waals surface area contributed by atoms with Crippen molar-refractivity contribution in [2.24, 2.45) is 0 Å². The van der Waals surface area contributed by atoms with Gasteiger partial charge >= 0.3 is 0 Å². The highest BCUT2D eigenvalue weighted by atomic mass is 35.5. The normalized spacial score (nSPS) is 25.2. The Morgan fingerprint density at radius 2 is 2.10 bits per heavy atom. The van der Waals surface area contributed by atoms with Gasteiger partial charge in [-0.15, -0.1) is 24.2 Å². The number of amides is 1. The summed E-state index contributed by atoms with van der Waals surface area (Å²) >= 11 is 1.89. The Balaban J connectivity index is 0.00000147. The van der Waals surface area contributed by atoms with E-state index >= 15 is 0 Å². The fourth-order valence-corrected chi connectivity index (χ4v) is 3.97. The fraction of sp³-hybridized carbons (Fsp3) is 0.533. The molecular formula is C15H21ClN2OS. The molecule has 1 aromatic rings. The molecule has 2 heterocycles. The average molecular weight is 313 g/mol.